The molecule has 1 aliphatic heterocycles. The van der Waals surface area contributed by atoms with Gasteiger partial charge in [0.1, 0.15) is 0 Å². The van der Waals surface area contributed by atoms with Crippen LogP contribution < -0.4 is 10.6 Å². The second-order valence-corrected chi connectivity index (χ2v) is 6.82. The topological polar surface area (TPSA) is 42.9 Å². The lowest BCUT2D eigenvalue weighted by atomic mass is 9.97. The Kier molecular flexibility index (Phi) is 12.5. The van der Waals surface area contributed by atoms with Crippen molar-refractivity contribution >= 4 is 29.9 Å². The van der Waals surface area contributed by atoms with E-state index in [1.807, 2.05) is 0 Å². The van der Waals surface area contributed by atoms with E-state index in [0.717, 1.165) is 38.6 Å². The van der Waals surface area contributed by atoms with Crippen LogP contribution in [0.1, 0.15) is 46.0 Å². The molecule has 1 heterocycles. The molecular formula is C19H38IN5. The van der Waals surface area contributed by atoms with Gasteiger partial charge in [0.05, 0.1) is 6.54 Å². The number of halogens is 1. The minimum absolute atomic E-state index is 0. The molecule has 0 aromatic rings. The van der Waals surface area contributed by atoms with Crippen molar-refractivity contribution in [2.45, 2.75) is 46.0 Å². The van der Waals surface area contributed by atoms with Crippen LogP contribution in [0.15, 0.2) is 16.6 Å². The second kappa shape index (κ2) is 13.8. The molecule has 0 aromatic heterocycles. The van der Waals surface area contributed by atoms with E-state index in [-0.39, 0.29) is 24.0 Å². The Labute approximate surface area is 171 Å². The Bertz CT molecular complexity index is 403. The molecule has 6 heteroatoms. The Morgan fingerprint density at radius 1 is 1.08 bits per heavy atom. The molecular weight excluding hydrogens is 425 g/mol. The van der Waals surface area contributed by atoms with Crippen LogP contribution in [0.2, 0.25) is 0 Å². The van der Waals surface area contributed by atoms with Gasteiger partial charge in [-0.2, -0.15) is 0 Å². The number of hydrogen-bond acceptors (Lipinski definition) is 3. The summed E-state index contributed by atoms with van der Waals surface area (Å²) in [6.45, 7) is 14.2. The van der Waals surface area contributed by atoms with Crippen molar-refractivity contribution in [3.05, 3.63) is 11.6 Å². The molecule has 0 saturated carbocycles. The van der Waals surface area contributed by atoms with Gasteiger partial charge in [-0.3, -0.25) is 9.89 Å². The SMILES string of the molecule is CCNC(=NCCN1CCN(CC)CC1)NCCC1=CCCCC1.I. The fourth-order valence-electron chi connectivity index (χ4n) is 3.45. The zero-order valence-corrected chi connectivity index (χ0v) is 18.6. The van der Waals surface area contributed by atoms with Crippen LogP contribution >= 0.6 is 24.0 Å². The minimum atomic E-state index is 0. The number of guanidine groups is 1. The quantitative estimate of drug-likeness (QED) is 0.252. The van der Waals surface area contributed by atoms with Crippen molar-refractivity contribution in [2.24, 2.45) is 4.99 Å². The van der Waals surface area contributed by atoms with E-state index in [4.69, 9.17) is 4.99 Å². The van der Waals surface area contributed by atoms with Gasteiger partial charge in [0, 0.05) is 45.8 Å². The fraction of sp³-hybridized carbons (Fsp3) is 0.842. The van der Waals surface area contributed by atoms with Gasteiger partial charge in [-0.1, -0.05) is 18.6 Å². The van der Waals surface area contributed by atoms with Crippen LogP contribution in [0, 0.1) is 0 Å². The van der Waals surface area contributed by atoms with Crippen LogP contribution in [-0.2, 0) is 0 Å². The zero-order valence-electron chi connectivity index (χ0n) is 16.2. The summed E-state index contributed by atoms with van der Waals surface area (Å²) in [5, 5.41) is 6.86. The van der Waals surface area contributed by atoms with Crippen LogP contribution in [0.4, 0.5) is 0 Å². The Balaban J connectivity index is 0.00000312. The van der Waals surface area contributed by atoms with Gasteiger partial charge in [-0.25, -0.2) is 0 Å². The summed E-state index contributed by atoms with van der Waals surface area (Å²) in [6.07, 6.45) is 8.89. The predicted molar refractivity (Wildman–Crippen MR) is 119 cm³/mol. The number of piperazine rings is 1. The highest BCUT2D eigenvalue weighted by Gasteiger charge is 2.14. The van der Waals surface area contributed by atoms with Crippen molar-refractivity contribution in [3.63, 3.8) is 0 Å². The van der Waals surface area contributed by atoms with Crippen molar-refractivity contribution in [1.29, 1.82) is 0 Å². The van der Waals surface area contributed by atoms with Gasteiger partial charge in [-0.05, 0) is 45.6 Å². The fourth-order valence-corrected chi connectivity index (χ4v) is 3.45. The highest BCUT2D eigenvalue weighted by Crippen LogP contribution is 2.19. The van der Waals surface area contributed by atoms with Crippen LogP contribution in [-0.4, -0.2) is 74.7 Å². The summed E-state index contributed by atoms with van der Waals surface area (Å²) in [7, 11) is 0. The molecule has 1 aliphatic carbocycles. The molecule has 0 atom stereocenters. The molecule has 0 aromatic carbocycles. The average molecular weight is 463 g/mol. The smallest absolute Gasteiger partial charge is 0.191 e. The van der Waals surface area contributed by atoms with Crippen molar-refractivity contribution in [1.82, 2.24) is 20.4 Å². The Morgan fingerprint density at radius 3 is 2.48 bits per heavy atom. The lowest BCUT2D eigenvalue weighted by Crippen LogP contribution is -2.47. The molecule has 0 unspecified atom stereocenters. The highest BCUT2D eigenvalue weighted by molar-refractivity contribution is 14.0. The molecule has 1 saturated heterocycles. The van der Waals surface area contributed by atoms with E-state index in [1.165, 1.54) is 58.4 Å². The molecule has 2 aliphatic rings. The monoisotopic (exact) mass is 463 g/mol. The van der Waals surface area contributed by atoms with Gasteiger partial charge in [0.2, 0.25) is 0 Å². The van der Waals surface area contributed by atoms with Crippen LogP contribution in [0.5, 0.6) is 0 Å². The van der Waals surface area contributed by atoms with E-state index < -0.39 is 0 Å². The van der Waals surface area contributed by atoms with Crippen molar-refractivity contribution in [2.75, 3.05) is 58.9 Å². The van der Waals surface area contributed by atoms with E-state index in [0.29, 0.717) is 0 Å². The molecule has 0 radical (unpaired) electrons. The second-order valence-electron chi connectivity index (χ2n) is 6.82. The first-order valence-corrected chi connectivity index (χ1v) is 9.96. The maximum Gasteiger partial charge on any atom is 0.191 e. The van der Waals surface area contributed by atoms with E-state index in [1.54, 1.807) is 5.57 Å². The summed E-state index contributed by atoms with van der Waals surface area (Å²) in [5.41, 5.74) is 1.62. The predicted octanol–water partition coefficient (Wildman–Crippen LogP) is 2.69. The van der Waals surface area contributed by atoms with E-state index in [2.05, 4.69) is 40.4 Å². The van der Waals surface area contributed by atoms with E-state index in [9.17, 15) is 0 Å². The summed E-state index contributed by atoms with van der Waals surface area (Å²) < 4.78 is 0. The molecule has 146 valence electrons. The Hall–Kier alpha value is -0.340. The van der Waals surface area contributed by atoms with Gasteiger partial charge in [-0.15, -0.1) is 24.0 Å². The Morgan fingerprint density at radius 2 is 1.84 bits per heavy atom. The average Bonchev–Trinajstić information content (AvgIpc) is 2.63. The first kappa shape index (κ1) is 22.7. The van der Waals surface area contributed by atoms with Gasteiger partial charge in [0.15, 0.2) is 5.96 Å². The number of likely N-dealkylation sites (N-methyl/N-ethyl adjacent to an activating group) is 1. The molecule has 5 nitrogen and oxygen atoms in total. The molecule has 2 rings (SSSR count). The third-order valence-corrected chi connectivity index (χ3v) is 5.07. The molecule has 0 spiro atoms. The molecule has 0 amide bonds. The number of allylic oxidation sites excluding steroid dienone is 1. The van der Waals surface area contributed by atoms with Crippen LogP contribution in [0.25, 0.3) is 0 Å². The molecule has 2 N–H and O–H groups in total. The maximum absolute atomic E-state index is 4.75. The first-order valence-electron chi connectivity index (χ1n) is 9.96. The largest absolute Gasteiger partial charge is 0.357 e. The van der Waals surface area contributed by atoms with Gasteiger partial charge >= 0.3 is 0 Å². The van der Waals surface area contributed by atoms with Gasteiger partial charge < -0.3 is 15.5 Å². The summed E-state index contributed by atoms with van der Waals surface area (Å²) >= 11 is 0. The molecule has 25 heavy (non-hydrogen) atoms. The minimum Gasteiger partial charge on any atom is -0.357 e. The number of nitrogens with one attached hydrogen (secondary N) is 2. The third kappa shape index (κ3) is 9.24. The maximum atomic E-state index is 4.75. The lowest BCUT2D eigenvalue weighted by Gasteiger charge is -2.33. The van der Waals surface area contributed by atoms with Crippen molar-refractivity contribution < 1.29 is 0 Å². The summed E-state index contributed by atoms with van der Waals surface area (Å²) in [5.74, 6) is 0.973. The van der Waals surface area contributed by atoms with Crippen LogP contribution in [0.3, 0.4) is 0 Å². The lowest BCUT2D eigenvalue weighted by molar-refractivity contribution is 0.140. The summed E-state index contributed by atoms with van der Waals surface area (Å²) in [4.78, 5) is 9.80. The number of hydrogen-bond donors (Lipinski definition) is 2. The molecule has 0 bridgehead atoms. The third-order valence-electron chi connectivity index (χ3n) is 5.07. The number of nitrogens with zero attached hydrogens (tertiary/aromatic N) is 3. The van der Waals surface area contributed by atoms with Gasteiger partial charge in [0.25, 0.3) is 0 Å². The number of aliphatic imine (C=N–C) groups is 1. The molecule has 1 fully saturated rings. The standard InChI is InChI=1S/C19H37N5.HI/c1-3-20-19(21-11-10-18-8-6-5-7-9-18)22-12-13-24-16-14-23(4-2)15-17-24;/h8H,3-7,9-17H2,1-2H3,(H2,20,21,22);1H. The van der Waals surface area contributed by atoms with E-state index >= 15 is 0 Å². The normalized spacial score (nSPS) is 19.9. The highest BCUT2D eigenvalue weighted by atomic mass is 127. The van der Waals surface area contributed by atoms with Crippen molar-refractivity contribution in [3.8, 4) is 0 Å². The number of rotatable bonds is 8. The first-order chi connectivity index (χ1) is 11.8. The zero-order chi connectivity index (χ0) is 17.0. The summed E-state index contributed by atoms with van der Waals surface area (Å²) in [6, 6.07) is 0.